The number of benzene rings is 2. The number of nitrogens with zero attached hydrogens (tertiary/aromatic N) is 1. The SMILES string of the molecule is COC(=O)c1cc(NC(=O)c2ccc(CN3CCCC3)cc2)cc(C(=O)OC)c1. The van der Waals surface area contributed by atoms with Crippen molar-refractivity contribution in [1.29, 1.82) is 0 Å². The zero-order chi connectivity index (χ0) is 20.8. The van der Waals surface area contributed by atoms with Gasteiger partial charge in [-0.05, 0) is 61.8 Å². The monoisotopic (exact) mass is 396 g/mol. The first kappa shape index (κ1) is 20.5. The van der Waals surface area contributed by atoms with E-state index < -0.39 is 11.9 Å². The summed E-state index contributed by atoms with van der Waals surface area (Å²) in [5.41, 5.74) is 2.24. The quantitative estimate of drug-likeness (QED) is 0.756. The lowest BCUT2D eigenvalue weighted by Gasteiger charge is -2.14. The van der Waals surface area contributed by atoms with E-state index in [1.54, 1.807) is 12.1 Å². The number of amides is 1. The first-order chi connectivity index (χ1) is 14.0. The molecule has 1 fully saturated rings. The van der Waals surface area contributed by atoms with E-state index in [4.69, 9.17) is 9.47 Å². The molecule has 0 aliphatic carbocycles. The van der Waals surface area contributed by atoms with Crippen molar-refractivity contribution in [2.45, 2.75) is 19.4 Å². The maximum absolute atomic E-state index is 12.6. The van der Waals surface area contributed by atoms with E-state index in [9.17, 15) is 14.4 Å². The molecule has 1 heterocycles. The molecule has 7 nitrogen and oxygen atoms in total. The Morgan fingerprint density at radius 1 is 0.862 bits per heavy atom. The van der Waals surface area contributed by atoms with Crippen LogP contribution in [0, 0.1) is 0 Å². The highest BCUT2D eigenvalue weighted by Gasteiger charge is 2.16. The lowest BCUT2D eigenvalue weighted by Crippen LogP contribution is -2.18. The van der Waals surface area contributed by atoms with Crippen LogP contribution in [0.4, 0.5) is 5.69 Å². The Kier molecular flexibility index (Phi) is 6.61. The molecule has 1 aliphatic heterocycles. The molecule has 1 aliphatic rings. The summed E-state index contributed by atoms with van der Waals surface area (Å²) in [6.45, 7) is 3.11. The lowest BCUT2D eigenvalue weighted by atomic mass is 10.1. The Labute approximate surface area is 169 Å². The molecule has 0 bridgehead atoms. The van der Waals surface area contributed by atoms with Gasteiger partial charge in [0.15, 0.2) is 0 Å². The molecule has 0 atom stereocenters. The highest BCUT2D eigenvalue weighted by Crippen LogP contribution is 2.19. The van der Waals surface area contributed by atoms with Gasteiger partial charge < -0.3 is 14.8 Å². The number of nitrogens with one attached hydrogen (secondary N) is 1. The second kappa shape index (κ2) is 9.34. The highest BCUT2D eigenvalue weighted by molar-refractivity contribution is 6.06. The number of hydrogen-bond donors (Lipinski definition) is 1. The van der Waals surface area contributed by atoms with Crippen molar-refractivity contribution in [3.8, 4) is 0 Å². The van der Waals surface area contributed by atoms with Crippen LogP contribution in [0.25, 0.3) is 0 Å². The van der Waals surface area contributed by atoms with Crippen LogP contribution in [0.15, 0.2) is 42.5 Å². The predicted octanol–water partition coefficient (Wildman–Crippen LogP) is 3.11. The average molecular weight is 396 g/mol. The number of ether oxygens (including phenoxy) is 2. The van der Waals surface area contributed by atoms with Crippen molar-refractivity contribution in [3.63, 3.8) is 0 Å². The van der Waals surface area contributed by atoms with Crippen molar-refractivity contribution < 1.29 is 23.9 Å². The minimum atomic E-state index is -0.613. The van der Waals surface area contributed by atoms with Crippen molar-refractivity contribution >= 4 is 23.5 Å². The minimum absolute atomic E-state index is 0.145. The number of rotatable bonds is 6. The standard InChI is InChI=1S/C22H24N2O5/c1-28-21(26)17-11-18(22(27)29-2)13-19(12-17)23-20(25)16-7-5-15(6-8-16)14-24-9-3-4-10-24/h5-8,11-13H,3-4,9-10,14H2,1-2H3,(H,23,25). The van der Waals surface area contributed by atoms with E-state index in [1.807, 2.05) is 12.1 Å². The van der Waals surface area contributed by atoms with E-state index in [0.29, 0.717) is 11.3 Å². The molecule has 1 N–H and O–H groups in total. The summed E-state index contributed by atoms with van der Waals surface area (Å²) in [5, 5.41) is 2.72. The van der Waals surface area contributed by atoms with Crippen LogP contribution in [-0.4, -0.2) is 50.1 Å². The van der Waals surface area contributed by atoms with Gasteiger partial charge in [-0.15, -0.1) is 0 Å². The summed E-state index contributed by atoms with van der Waals surface area (Å²) in [6.07, 6.45) is 2.47. The normalized spacial score (nSPS) is 13.7. The lowest BCUT2D eigenvalue weighted by molar-refractivity contribution is 0.0599. The van der Waals surface area contributed by atoms with Gasteiger partial charge in [0.1, 0.15) is 0 Å². The molecule has 0 aromatic heterocycles. The largest absolute Gasteiger partial charge is 0.465 e. The predicted molar refractivity (Wildman–Crippen MR) is 108 cm³/mol. The van der Waals surface area contributed by atoms with Crippen molar-refractivity contribution in [1.82, 2.24) is 4.90 Å². The van der Waals surface area contributed by atoms with Crippen molar-refractivity contribution in [3.05, 3.63) is 64.7 Å². The van der Waals surface area contributed by atoms with Gasteiger partial charge in [-0.2, -0.15) is 0 Å². The molecule has 0 spiro atoms. The van der Waals surface area contributed by atoms with E-state index in [1.165, 1.54) is 45.3 Å². The molecule has 3 rings (SSSR count). The van der Waals surface area contributed by atoms with Crippen LogP contribution in [0.3, 0.4) is 0 Å². The van der Waals surface area contributed by atoms with Gasteiger partial charge in [0, 0.05) is 17.8 Å². The topological polar surface area (TPSA) is 84.9 Å². The number of carbonyl (C=O) groups excluding carboxylic acids is 3. The van der Waals surface area contributed by atoms with Crippen molar-refractivity contribution in [2.75, 3.05) is 32.6 Å². The first-order valence-corrected chi connectivity index (χ1v) is 9.44. The minimum Gasteiger partial charge on any atom is -0.465 e. The molecule has 2 aromatic rings. The maximum atomic E-state index is 12.6. The molecule has 0 saturated carbocycles. The van der Waals surface area contributed by atoms with E-state index in [0.717, 1.165) is 25.2 Å². The van der Waals surface area contributed by atoms with Gasteiger partial charge in [0.2, 0.25) is 0 Å². The molecule has 29 heavy (non-hydrogen) atoms. The Hall–Kier alpha value is -3.19. The van der Waals surface area contributed by atoms with Crippen molar-refractivity contribution in [2.24, 2.45) is 0 Å². The number of anilines is 1. The summed E-state index contributed by atoms with van der Waals surface area (Å²) in [5.74, 6) is -1.56. The molecule has 7 heteroatoms. The number of hydrogen-bond acceptors (Lipinski definition) is 6. The third-order valence-electron chi connectivity index (χ3n) is 4.85. The Bertz CT molecular complexity index is 868. The molecule has 1 amide bonds. The van der Waals surface area contributed by atoms with E-state index in [2.05, 4.69) is 10.2 Å². The van der Waals surface area contributed by atoms with E-state index in [-0.39, 0.29) is 17.0 Å². The molecular weight excluding hydrogens is 372 g/mol. The van der Waals surface area contributed by atoms with Gasteiger partial charge in [0.05, 0.1) is 25.3 Å². The Morgan fingerprint density at radius 3 is 1.93 bits per heavy atom. The second-order valence-electron chi connectivity index (χ2n) is 6.92. The molecule has 0 radical (unpaired) electrons. The smallest absolute Gasteiger partial charge is 0.337 e. The Morgan fingerprint density at radius 2 is 1.41 bits per heavy atom. The van der Waals surface area contributed by atoms with Gasteiger partial charge in [-0.25, -0.2) is 9.59 Å². The molecular formula is C22H24N2O5. The molecule has 0 unspecified atom stereocenters. The molecule has 152 valence electrons. The maximum Gasteiger partial charge on any atom is 0.337 e. The van der Waals surface area contributed by atoms with Gasteiger partial charge in [-0.3, -0.25) is 9.69 Å². The number of likely N-dealkylation sites (tertiary alicyclic amines) is 1. The van der Waals surface area contributed by atoms with Gasteiger partial charge >= 0.3 is 11.9 Å². The van der Waals surface area contributed by atoms with E-state index >= 15 is 0 Å². The summed E-state index contributed by atoms with van der Waals surface area (Å²) in [6, 6.07) is 11.7. The van der Waals surface area contributed by atoms with Gasteiger partial charge in [0.25, 0.3) is 5.91 Å². The number of esters is 2. The van der Waals surface area contributed by atoms with Crippen LogP contribution in [0.2, 0.25) is 0 Å². The third-order valence-corrected chi connectivity index (χ3v) is 4.85. The fourth-order valence-electron chi connectivity index (χ4n) is 3.33. The van der Waals surface area contributed by atoms with Crippen LogP contribution in [0.1, 0.15) is 49.5 Å². The van der Waals surface area contributed by atoms with Crippen LogP contribution < -0.4 is 5.32 Å². The Balaban J connectivity index is 1.75. The number of methoxy groups -OCH3 is 2. The second-order valence-corrected chi connectivity index (χ2v) is 6.92. The zero-order valence-electron chi connectivity index (χ0n) is 16.6. The summed E-state index contributed by atoms with van der Waals surface area (Å²) >= 11 is 0. The third kappa shape index (κ3) is 5.20. The summed E-state index contributed by atoms with van der Waals surface area (Å²) < 4.78 is 9.42. The van der Waals surface area contributed by atoms with Crippen LogP contribution >= 0.6 is 0 Å². The number of carbonyl (C=O) groups is 3. The summed E-state index contributed by atoms with van der Waals surface area (Å²) in [4.78, 5) is 38.8. The molecule has 1 saturated heterocycles. The zero-order valence-corrected chi connectivity index (χ0v) is 16.6. The van der Waals surface area contributed by atoms with Gasteiger partial charge in [-0.1, -0.05) is 12.1 Å². The highest BCUT2D eigenvalue weighted by atomic mass is 16.5. The average Bonchev–Trinajstić information content (AvgIpc) is 3.25. The molecule has 2 aromatic carbocycles. The fraction of sp³-hybridized carbons (Fsp3) is 0.318. The summed E-state index contributed by atoms with van der Waals surface area (Å²) in [7, 11) is 2.49. The fourth-order valence-corrected chi connectivity index (χ4v) is 3.33. The first-order valence-electron chi connectivity index (χ1n) is 9.44. The van der Waals surface area contributed by atoms with Crippen LogP contribution in [-0.2, 0) is 16.0 Å². The van der Waals surface area contributed by atoms with Crippen LogP contribution in [0.5, 0.6) is 0 Å².